The lowest BCUT2D eigenvalue weighted by Crippen LogP contribution is -2.41. The molecule has 1 aliphatic carbocycles. The van der Waals surface area contributed by atoms with Crippen LogP contribution in [-0.2, 0) is 20.4 Å². The number of halogens is 1. The smallest absolute Gasteiger partial charge is 0.335 e. The Labute approximate surface area is 250 Å². The van der Waals surface area contributed by atoms with Crippen LogP contribution in [0.15, 0.2) is 54.6 Å². The zero-order chi connectivity index (χ0) is 30.0. The number of unbranched alkanes of at least 4 members (excludes halogenated alkanes) is 2. The van der Waals surface area contributed by atoms with E-state index < -0.39 is 14.3 Å². The second kappa shape index (κ2) is 15.3. The van der Waals surface area contributed by atoms with Gasteiger partial charge in [0.1, 0.15) is 5.82 Å². The van der Waals surface area contributed by atoms with E-state index in [1.165, 1.54) is 56.9 Å². The number of benzene rings is 2. The van der Waals surface area contributed by atoms with Crippen LogP contribution < -0.4 is 0 Å². The molecule has 0 unspecified atom stereocenters. The fourth-order valence-corrected chi connectivity index (χ4v) is 6.39. The lowest BCUT2D eigenvalue weighted by atomic mass is 9.77. The molecule has 0 saturated heterocycles. The minimum absolute atomic E-state index is 0.0623. The number of rotatable bonds is 14. The third-order valence-corrected chi connectivity index (χ3v) is 13.8. The van der Waals surface area contributed by atoms with Gasteiger partial charge in [-0.3, -0.25) is 0 Å². The minimum Gasteiger partial charge on any atom is -0.462 e. The van der Waals surface area contributed by atoms with Gasteiger partial charge >= 0.3 is 5.97 Å². The van der Waals surface area contributed by atoms with Crippen LogP contribution in [0.2, 0.25) is 18.1 Å². The molecule has 2 aromatic carbocycles. The summed E-state index contributed by atoms with van der Waals surface area (Å²) in [7, 11) is -1.96. The van der Waals surface area contributed by atoms with E-state index in [-0.39, 0.29) is 24.1 Å². The van der Waals surface area contributed by atoms with Crippen molar-refractivity contribution >= 4 is 14.3 Å². The van der Waals surface area contributed by atoms with E-state index in [0.29, 0.717) is 29.9 Å². The Morgan fingerprint density at radius 3 is 2.24 bits per heavy atom. The maximum atomic E-state index is 14.9. The van der Waals surface area contributed by atoms with Gasteiger partial charge in [0.05, 0.1) is 18.8 Å². The summed E-state index contributed by atoms with van der Waals surface area (Å²) in [5.41, 5.74) is 4.31. The average Bonchev–Trinajstić information content (AvgIpc) is 2.94. The first-order chi connectivity index (χ1) is 19.4. The fraction of sp³-hybridized carbons (Fsp3) is 0.583. The second-order valence-electron chi connectivity index (χ2n) is 13.5. The van der Waals surface area contributed by atoms with Gasteiger partial charge in [-0.1, -0.05) is 96.4 Å². The highest BCUT2D eigenvalue weighted by molar-refractivity contribution is 6.74. The summed E-state index contributed by atoms with van der Waals surface area (Å²) in [4.78, 5) is 12.3. The van der Waals surface area contributed by atoms with Crippen LogP contribution >= 0.6 is 0 Å². The SMILES string of the molecule is C=C(CO[Si](C)(C)C(C)(C)C)C(=O)OCCCc1ccc(-c2ccc(C3CCC(CCCCC)CC3)cc2)cc1F. The standard InChI is InChI=1S/C36H53FO3Si/c1-8-9-10-12-28-14-16-29(17-15-28)30-18-20-31(21-19-30)33-23-22-32(34(37)25-33)13-11-24-39-35(38)27(2)26-40-41(6,7)36(3,4)5/h18-23,25,28-29H,2,8-17,24,26H2,1,3-7H3. The molecule has 1 saturated carbocycles. The molecule has 3 rings (SSSR count). The van der Waals surface area contributed by atoms with Crippen molar-refractivity contribution in [2.24, 2.45) is 5.92 Å². The highest BCUT2D eigenvalue weighted by Gasteiger charge is 2.37. The van der Waals surface area contributed by atoms with Crippen molar-refractivity contribution in [3.63, 3.8) is 0 Å². The maximum absolute atomic E-state index is 14.9. The van der Waals surface area contributed by atoms with E-state index in [1.807, 2.05) is 12.1 Å². The zero-order valence-electron chi connectivity index (χ0n) is 26.5. The van der Waals surface area contributed by atoms with Gasteiger partial charge in [0, 0.05) is 0 Å². The van der Waals surface area contributed by atoms with Crippen molar-refractivity contribution in [3.05, 3.63) is 71.6 Å². The number of esters is 1. The first-order valence-electron chi connectivity index (χ1n) is 15.8. The number of hydrogen-bond acceptors (Lipinski definition) is 3. The molecule has 1 fully saturated rings. The molecule has 5 heteroatoms. The molecule has 0 heterocycles. The molecule has 226 valence electrons. The average molecular weight is 581 g/mol. The molecule has 0 radical (unpaired) electrons. The van der Waals surface area contributed by atoms with Gasteiger partial charge in [-0.15, -0.1) is 0 Å². The maximum Gasteiger partial charge on any atom is 0.335 e. The van der Waals surface area contributed by atoms with Crippen LogP contribution in [0.1, 0.15) is 103 Å². The predicted molar refractivity (Wildman–Crippen MR) is 172 cm³/mol. The summed E-state index contributed by atoms with van der Waals surface area (Å²) in [6, 6.07) is 14.2. The molecular weight excluding hydrogens is 527 g/mol. The van der Waals surface area contributed by atoms with E-state index in [9.17, 15) is 9.18 Å². The molecule has 0 atom stereocenters. The van der Waals surface area contributed by atoms with Crippen molar-refractivity contribution in [2.75, 3.05) is 13.2 Å². The predicted octanol–water partition coefficient (Wildman–Crippen LogP) is 10.4. The topological polar surface area (TPSA) is 35.5 Å². The molecule has 0 spiro atoms. The number of hydrogen-bond donors (Lipinski definition) is 0. The van der Waals surface area contributed by atoms with Crippen molar-refractivity contribution in [1.82, 2.24) is 0 Å². The Morgan fingerprint density at radius 1 is 0.976 bits per heavy atom. The van der Waals surface area contributed by atoms with Crippen molar-refractivity contribution in [1.29, 1.82) is 0 Å². The quantitative estimate of drug-likeness (QED) is 0.0965. The Bertz CT molecular complexity index is 1120. The molecule has 0 N–H and O–H groups in total. The van der Waals surface area contributed by atoms with Gasteiger partial charge in [0.15, 0.2) is 8.32 Å². The van der Waals surface area contributed by atoms with Gasteiger partial charge in [-0.05, 0) is 96.8 Å². The van der Waals surface area contributed by atoms with Crippen LogP contribution in [0.25, 0.3) is 11.1 Å². The summed E-state index contributed by atoms with van der Waals surface area (Å²) in [6.45, 7) is 17.3. The Balaban J connectivity index is 1.43. The van der Waals surface area contributed by atoms with Crippen LogP contribution in [-0.4, -0.2) is 27.5 Å². The van der Waals surface area contributed by atoms with Crippen molar-refractivity contribution in [3.8, 4) is 11.1 Å². The third kappa shape index (κ3) is 9.92. The van der Waals surface area contributed by atoms with E-state index in [4.69, 9.17) is 9.16 Å². The highest BCUT2D eigenvalue weighted by atomic mass is 28.4. The molecule has 2 aromatic rings. The van der Waals surface area contributed by atoms with Crippen LogP contribution in [0, 0.1) is 11.7 Å². The molecule has 41 heavy (non-hydrogen) atoms. The number of carbonyl (C=O) groups is 1. The van der Waals surface area contributed by atoms with Gasteiger partial charge < -0.3 is 9.16 Å². The molecule has 0 aliphatic heterocycles. The summed E-state index contributed by atoms with van der Waals surface area (Å²) >= 11 is 0. The lowest BCUT2D eigenvalue weighted by molar-refractivity contribution is -0.139. The Morgan fingerprint density at radius 2 is 1.63 bits per heavy atom. The van der Waals surface area contributed by atoms with Gasteiger partial charge in [-0.2, -0.15) is 0 Å². The number of aryl methyl sites for hydroxylation is 1. The molecule has 3 nitrogen and oxygen atoms in total. The second-order valence-corrected chi connectivity index (χ2v) is 18.3. The van der Waals surface area contributed by atoms with Crippen molar-refractivity contribution in [2.45, 2.75) is 116 Å². The van der Waals surface area contributed by atoms with Crippen LogP contribution in [0.4, 0.5) is 4.39 Å². The first-order valence-corrected chi connectivity index (χ1v) is 18.7. The highest BCUT2D eigenvalue weighted by Crippen LogP contribution is 2.39. The molecule has 0 bridgehead atoms. The first kappa shape index (κ1) is 33.3. The number of carbonyl (C=O) groups excluding carboxylic acids is 1. The normalized spacial score (nSPS) is 17.8. The monoisotopic (exact) mass is 580 g/mol. The fourth-order valence-electron chi connectivity index (χ4n) is 5.42. The molecule has 0 amide bonds. The van der Waals surface area contributed by atoms with Crippen LogP contribution in [0.3, 0.4) is 0 Å². The minimum atomic E-state index is -1.96. The molecular formula is C36H53FO3Si. The molecule has 1 aliphatic rings. The summed E-state index contributed by atoms with van der Waals surface area (Å²) in [5, 5.41) is 0.0623. The van der Waals surface area contributed by atoms with E-state index >= 15 is 0 Å². The largest absolute Gasteiger partial charge is 0.462 e. The van der Waals surface area contributed by atoms with Gasteiger partial charge in [0.25, 0.3) is 0 Å². The molecule has 0 aromatic heterocycles. The Kier molecular flexibility index (Phi) is 12.4. The lowest BCUT2D eigenvalue weighted by Gasteiger charge is -2.36. The summed E-state index contributed by atoms with van der Waals surface area (Å²) in [5.74, 6) is 0.910. The van der Waals surface area contributed by atoms with Crippen LogP contribution in [0.5, 0.6) is 0 Å². The van der Waals surface area contributed by atoms with E-state index in [1.54, 1.807) is 6.07 Å². The third-order valence-electron chi connectivity index (χ3n) is 9.36. The Hall–Kier alpha value is -2.24. The summed E-state index contributed by atoms with van der Waals surface area (Å²) in [6.07, 6.45) is 11.8. The van der Waals surface area contributed by atoms with Gasteiger partial charge in [-0.25, -0.2) is 9.18 Å². The number of ether oxygens (including phenoxy) is 1. The van der Waals surface area contributed by atoms with E-state index in [0.717, 1.165) is 17.0 Å². The van der Waals surface area contributed by atoms with Gasteiger partial charge in [0.2, 0.25) is 0 Å². The van der Waals surface area contributed by atoms with E-state index in [2.05, 4.69) is 71.6 Å². The zero-order valence-corrected chi connectivity index (χ0v) is 27.5. The van der Waals surface area contributed by atoms with Crippen molar-refractivity contribution < 1.29 is 18.3 Å². The summed E-state index contributed by atoms with van der Waals surface area (Å²) < 4.78 is 26.4.